The normalized spacial score (nSPS) is 36.4. The number of fused-ring (bicyclic) bond motifs is 1. The topological polar surface area (TPSA) is 218 Å². The van der Waals surface area contributed by atoms with E-state index in [-0.39, 0.29) is 30.0 Å². The highest BCUT2D eigenvalue weighted by atomic mass is 31.2. The Morgan fingerprint density at radius 3 is 2.59 bits per heavy atom. The third-order valence-electron chi connectivity index (χ3n) is 6.03. The van der Waals surface area contributed by atoms with Crippen LogP contribution >= 0.6 is 7.60 Å². The van der Waals surface area contributed by atoms with Gasteiger partial charge in [0.2, 0.25) is 5.95 Å². The Bertz CT molecular complexity index is 1210. The van der Waals surface area contributed by atoms with Crippen molar-refractivity contribution in [1.82, 2.24) is 19.5 Å². The van der Waals surface area contributed by atoms with Gasteiger partial charge in [0.05, 0.1) is 11.7 Å². The lowest BCUT2D eigenvalue weighted by atomic mass is 9.93. The lowest BCUT2D eigenvalue weighted by molar-refractivity contribution is -0.0641. The van der Waals surface area contributed by atoms with Crippen molar-refractivity contribution in [3.05, 3.63) is 20.8 Å². The summed E-state index contributed by atoms with van der Waals surface area (Å²) in [6.45, 7) is 4.96. The highest BCUT2D eigenvalue weighted by molar-refractivity contribution is 7.61. The molecule has 7 N–H and O–H groups in total. The van der Waals surface area contributed by atoms with Crippen molar-refractivity contribution in [2.24, 2.45) is 0 Å². The van der Waals surface area contributed by atoms with Crippen LogP contribution in [0.1, 0.15) is 46.3 Å². The maximum atomic E-state index is 12.7. The first-order valence-corrected chi connectivity index (χ1v) is 11.7. The van der Waals surface area contributed by atoms with Gasteiger partial charge < -0.3 is 25.8 Å². The number of aromatic amines is 2. The second kappa shape index (κ2) is 7.48. The van der Waals surface area contributed by atoms with Gasteiger partial charge in [-0.05, 0) is 13.3 Å². The maximum absolute atomic E-state index is 12.7. The number of rotatable bonds is 7. The number of aliphatic hydroxyl groups excluding tert-OH is 2. The summed E-state index contributed by atoms with van der Waals surface area (Å²) in [5, 5.41) is 31.3. The SMILES string of the molecule is CCC(C)(CC1OC(n2c(=O)[nH]c3c(=O)[nH]c(N)nc32)C(O)C1O)OP1(=O)OC1(O)CC. The van der Waals surface area contributed by atoms with Crippen molar-refractivity contribution in [1.29, 1.82) is 0 Å². The molecule has 0 amide bonds. The van der Waals surface area contributed by atoms with Crippen LogP contribution in [0, 0.1) is 0 Å². The summed E-state index contributed by atoms with van der Waals surface area (Å²) >= 11 is 0. The van der Waals surface area contributed by atoms with E-state index in [2.05, 4.69) is 15.0 Å². The number of anilines is 1. The zero-order valence-corrected chi connectivity index (χ0v) is 18.5. The van der Waals surface area contributed by atoms with E-state index in [1.165, 1.54) is 0 Å². The number of nitrogens with two attached hydrogens (primary N) is 1. The standard InChI is InChI=1S/C17H26N5O9P/c1-4-16(3,30-32(28)17(27,5-2)31-32)6-7-9(23)10(24)13(29-7)22-11-8(19-15(22)26)12(25)21-14(18)20-11/h7,9-10,13,23-24,27H,4-6H2,1-3H3,(H,19,26)(H3,18,20,21,25). The smallest absolute Gasteiger partial charge is 0.388 e. The molecule has 4 heterocycles. The van der Waals surface area contributed by atoms with Crippen molar-refractivity contribution in [2.45, 2.75) is 75.7 Å². The monoisotopic (exact) mass is 475 g/mol. The fourth-order valence-electron chi connectivity index (χ4n) is 3.86. The quantitative estimate of drug-likeness (QED) is 0.221. The highest BCUT2D eigenvalue weighted by Crippen LogP contribution is 2.80. The Hall–Kier alpha value is -2.06. The molecule has 2 fully saturated rings. The summed E-state index contributed by atoms with van der Waals surface area (Å²) < 4.78 is 30.0. The number of nitrogen functional groups attached to an aromatic ring is 1. The summed E-state index contributed by atoms with van der Waals surface area (Å²) in [6.07, 6.45) is -5.08. The van der Waals surface area contributed by atoms with Gasteiger partial charge in [-0.25, -0.2) is 9.36 Å². The molecule has 0 radical (unpaired) electrons. The number of ether oxygens (including phenoxy) is 1. The van der Waals surface area contributed by atoms with Crippen molar-refractivity contribution in [3.63, 3.8) is 0 Å². The van der Waals surface area contributed by atoms with Gasteiger partial charge >= 0.3 is 13.3 Å². The van der Waals surface area contributed by atoms with Crippen molar-refractivity contribution in [2.75, 3.05) is 5.73 Å². The predicted octanol–water partition coefficient (Wildman–Crippen LogP) is -0.531. The Kier molecular flexibility index (Phi) is 5.41. The molecule has 178 valence electrons. The van der Waals surface area contributed by atoms with Gasteiger partial charge in [0.25, 0.3) is 11.1 Å². The van der Waals surface area contributed by atoms with Crippen LogP contribution in [0.25, 0.3) is 11.2 Å². The predicted molar refractivity (Wildman–Crippen MR) is 110 cm³/mol. The first-order chi connectivity index (χ1) is 14.9. The molecule has 0 aromatic carbocycles. The molecule has 0 spiro atoms. The Morgan fingerprint density at radius 1 is 1.31 bits per heavy atom. The van der Waals surface area contributed by atoms with Gasteiger partial charge in [-0.15, -0.1) is 0 Å². The van der Waals surface area contributed by atoms with Crippen LogP contribution in [0.4, 0.5) is 5.95 Å². The van der Waals surface area contributed by atoms with Crippen LogP contribution in [0.3, 0.4) is 0 Å². The number of nitrogens with zero attached hydrogens (tertiary/aromatic N) is 2. The first kappa shape index (κ1) is 23.1. The fourth-order valence-corrected chi connectivity index (χ4v) is 5.88. The lowest BCUT2D eigenvalue weighted by Gasteiger charge is -2.31. The van der Waals surface area contributed by atoms with Gasteiger partial charge in [0.1, 0.15) is 12.2 Å². The summed E-state index contributed by atoms with van der Waals surface area (Å²) in [5.74, 6) is -0.246. The summed E-state index contributed by atoms with van der Waals surface area (Å²) in [6, 6.07) is 0. The van der Waals surface area contributed by atoms with Gasteiger partial charge in [0.15, 0.2) is 17.4 Å². The molecule has 0 bridgehead atoms. The second-order valence-electron chi connectivity index (χ2n) is 8.28. The van der Waals surface area contributed by atoms with E-state index in [0.29, 0.717) is 6.42 Å². The van der Waals surface area contributed by atoms with E-state index in [4.69, 9.17) is 19.5 Å². The Labute approximate surface area is 180 Å². The maximum Gasteiger partial charge on any atom is 0.393 e. The fraction of sp³-hybridized carbons (Fsp3) is 0.706. The van der Waals surface area contributed by atoms with E-state index < -0.39 is 54.5 Å². The molecular formula is C17H26N5O9P. The molecule has 2 saturated heterocycles. The van der Waals surface area contributed by atoms with Crippen molar-refractivity contribution in [3.8, 4) is 0 Å². The largest absolute Gasteiger partial charge is 0.393 e. The highest BCUT2D eigenvalue weighted by Gasteiger charge is 2.70. The molecule has 2 aliphatic rings. The molecule has 0 saturated carbocycles. The van der Waals surface area contributed by atoms with E-state index in [0.717, 1.165) is 4.57 Å². The Morgan fingerprint density at radius 2 is 2.00 bits per heavy atom. The Balaban J connectivity index is 1.61. The first-order valence-electron chi connectivity index (χ1n) is 10.1. The van der Waals surface area contributed by atoms with Gasteiger partial charge in [-0.1, -0.05) is 13.8 Å². The summed E-state index contributed by atoms with van der Waals surface area (Å²) in [5.41, 5.74) is 0.790. The molecule has 2 aromatic rings. The van der Waals surface area contributed by atoms with Crippen LogP contribution in [0.2, 0.25) is 0 Å². The molecule has 7 unspecified atom stereocenters. The van der Waals surface area contributed by atoms with Crippen LogP contribution in [0.15, 0.2) is 9.59 Å². The average molecular weight is 475 g/mol. The third kappa shape index (κ3) is 3.52. The summed E-state index contributed by atoms with van der Waals surface area (Å²) in [4.78, 5) is 33.0. The number of H-pyrrole nitrogens is 2. The molecule has 7 atom stereocenters. The van der Waals surface area contributed by atoms with E-state index in [1.807, 2.05) is 0 Å². The zero-order chi connectivity index (χ0) is 23.6. The van der Waals surface area contributed by atoms with E-state index in [1.54, 1.807) is 20.8 Å². The lowest BCUT2D eigenvalue weighted by Crippen LogP contribution is -2.38. The second-order valence-corrected chi connectivity index (χ2v) is 10.3. The average Bonchev–Trinajstić information content (AvgIpc) is 2.94. The molecule has 0 aliphatic carbocycles. The van der Waals surface area contributed by atoms with Crippen molar-refractivity contribution >= 4 is 24.7 Å². The summed E-state index contributed by atoms with van der Waals surface area (Å²) in [7, 11) is -3.75. The third-order valence-corrected chi connectivity index (χ3v) is 8.35. The molecule has 15 heteroatoms. The van der Waals surface area contributed by atoms with E-state index >= 15 is 0 Å². The number of hydrogen-bond donors (Lipinski definition) is 6. The van der Waals surface area contributed by atoms with Crippen LogP contribution < -0.4 is 17.0 Å². The number of hydrogen-bond acceptors (Lipinski definition) is 11. The van der Waals surface area contributed by atoms with Gasteiger partial charge in [-0.3, -0.25) is 28.4 Å². The number of imidazole rings is 1. The molecule has 32 heavy (non-hydrogen) atoms. The van der Waals surface area contributed by atoms with Crippen LogP contribution in [-0.4, -0.2) is 64.3 Å². The number of aliphatic hydroxyl groups is 3. The molecule has 2 aliphatic heterocycles. The van der Waals surface area contributed by atoms with Crippen LogP contribution in [0.5, 0.6) is 0 Å². The van der Waals surface area contributed by atoms with Gasteiger partial charge in [-0.2, -0.15) is 4.98 Å². The molecular weight excluding hydrogens is 449 g/mol. The number of aromatic nitrogens is 4. The van der Waals surface area contributed by atoms with Crippen LogP contribution in [-0.2, 0) is 18.3 Å². The minimum Gasteiger partial charge on any atom is -0.388 e. The van der Waals surface area contributed by atoms with E-state index in [9.17, 15) is 29.5 Å². The molecule has 14 nitrogen and oxygen atoms in total. The minimum atomic E-state index is -3.75. The molecule has 2 aromatic heterocycles. The minimum absolute atomic E-state index is 0.0430. The zero-order valence-electron chi connectivity index (χ0n) is 17.6. The molecule has 4 rings (SSSR count). The van der Waals surface area contributed by atoms with Gasteiger partial charge in [0, 0.05) is 12.8 Å². The number of nitrogens with one attached hydrogen (secondary N) is 2. The van der Waals surface area contributed by atoms with Crippen molar-refractivity contribution < 1.29 is 33.7 Å².